The molecule has 0 aliphatic heterocycles. The number of hydrogen-bond donors (Lipinski definition) is 2. The molecule has 0 radical (unpaired) electrons. The molecule has 6 heteroatoms. The van der Waals surface area contributed by atoms with E-state index >= 15 is 0 Å². The Hall–Kier alpha value is -2.53. The molecular weight excluding hydrogens is 328 g/mol. The van der Waals surface area contributed by atoms with Crippen LogP contribution in [0.25, 0.3) is 0 Å². The molecule has 0 spiro atoms. The van der Waals surface area contributed by atoms with Crippen LogP contribution in [0, 0.1) is 6.92 Å². The predicted octanol–water partition coefficient (Wildman–Crippen LogP) is 3.27. The molecule has 0 fully saturated rings. The summed E-state index contributed by atoms with van der Waals surface area (Å²) >= 11 is 5.81. The van der Waals surface area contributed by atoms with Crippen molar-refractivity contribution in [1.82, 2.24) is 10.9 Å². The van der Waals surface area contributed by atoms with Gasteiger partial charge in [0, 0.05) is 17.0 Å². The van der Waals surface area contributed by atoms with Crippen molar-refractivity contribution in [3.8, 4) is 5.75 Å². The zero-order valence-corrected chi connectivity index (χ0v) is 14.1. The van der Waals surface area contributed by atoms with E-state index in [0.29, 0.717) is 23.6 Å². The molecular formula is C18H19ClN2O3. The first-order chi connectivity index (χ1) is 11.5. The van der Waals surface area contributed by atoms with Gasteiger partial charge in [0.05, 0.1) is 6.61 Å². The largest absolute Gasteiger partial charge is 0.494 e. The minimum Gasteiger partial charge on any atom is -0.494 e. The fraction of sp³-hybridized carbons (Fsp3) is 0.222. The Balaban J connectivity index is 1.64. The Morgan fingerprint density at radius 3 is 2.54 bits per heavy atom. The maximum atomic E-state index is 11.8. The quantitative estimate of drug-likeness (QED) is 0.623. The van der Waals surface area contributed by atoms with Crippen molar-refractivity contribution < 1.29 is 14.3 Å². The number of hydrogen-bond acceptors (Lipinski definition) is 3. The molecule has 0 aliphatic rings. The molecule has 0 saturated carbocycles. The normalized spacial score (nSPS) is 10.1. The van der Waals surface area contributed by atoms with E-state index < -0.39 is 5.91 Å². The number of hydrazine groups is 1. The lowest BCUT2D eigenvalue weighted by atomic mass is 10.2. The number of carbonyl (C=O) groups excluding carboxylic acids is 2. The summed E-state index contributed by atoms with van der Waals surface area (Å²) in [6, 6.07) is 14.2. The van der Waals surface area contributed by atoms with Gasteiger partial charge in [-0.15, -0.1) is 0 Å². The molecule has 2 rings (SSSR count). The van der Waals surface area contributed by atoms with Crippen molar-refractivity contribution in [3.05, 3.63) is 64.7 Å². The number of aryl methyl sites for hydroxylation is 1. The van der Waals surface area contributed by atoms with E-state index in [-0.39, 0.29) is 12.3 Å². The summed E-state index contributed by atoms with van der Waals surface area (Å²) in [5.41, 5.74) is 6.27. The number of benzene rings is 2. The van der Waals surface area contributed by atoms with Gasteiger partial charge in [-0.1, -0.05) is 35.4 Å². The van der Waals surface area contributed by atoms with Crippen LogP contribution in [0.1, 0.15) is 28.8 Å². The highest BCUT2D eigenvalue weighted by Crippen LogP contribution is 2.12. The van der Waals surface area contributed by atoms with Crippen LogP contribution in [-0.4, -0.2) is 18.4 Å². The monoisotopic (exact) mass is 346 g/mol. The Morgan fingerprint density at radius 1 is 1.08 bits per heavy atom. The zero-order chi connectivity index (χ0) is 17.4. The highest BCUT2D eigenvalue weighted by Gasteiger charge is 2.07. The van der Waals surface area contributed by atoms with Crippen molar-refractivity contribution in [2.45, 2.75) is 19.8 Å². The third-order valence-electron chi connectivity index (χ3n) is 3.24. The molecule has 2 amide bonds. The van der Waals surface area contributed by atoms with Crippen LogP contribution >= 0.6 is 11.6 Å². The van der Waals surface area contributed by atoms with Crippen LogP contribution in [0.5, 0.6) is 5.75 Å². The lowest BCUT2D eigenvalue weighted by Gasteiger charge is -2.08. The Bertz CT molecular complexity index is 702. The SMILES string of the molecule is Cc1ccc(OCCCC(=O)NNC(=O)c2cccc(Cl)c2)cc1. The average Bonchev–Trinajstić information content (AvgIpc) is 2.58. The van der Waals surface area contributed by atoms with E-state index in [1.165, 1.54) is 6.07 Å². The molecule has 2 aromatic rings. The summed E-state index contributed by atoms with van der Waals surface area (Å²) in [5.74, 6) is 0.0786. The number of ether oxygens (including phenoxy) is 1. The van der Waals surface area contributed by atoms with Crippen LogP contribution in [0.4, 0.5) is 0 Å². The standard InChI is InChI=1S/C18H19ClN2O3/c1-13-7-9-16(10-8-13)24-11-3-6-17(22)20-21-18(23)14-4-2-5-15(19)12-14/h2,4-5,7-10,12H,3,6,11H2,1H3,(H,20,22)(H,21,23). The molecule has 5 nitrogen and oxygen atoms in total. The fourth-order valence-electron chi connectivity index (χ4n) is 1.95. The topological polar surface area (TPSA) is 67.4 Å². The molecule has 0 aliphatic carbocycles. The molecule has 2 aromatic carbocycles. The van der Waals surface area contributed by atoms with Crippen LogP contribution in [-0.2, 0) is 4.79 Å². The van der Waals surface area contributed by atoms with Crippen molar-refractivity contribution in [2.24, 2.45) is 0 Å². The molecule has 0 bridgehead atoms. The molecule has 2 N–H and O–H groups in total. The molecule has 0 unspecified atom stereocenters. The van der Waals surface area contributed by atoms with Gasteiger partial charge in [-0.05, 0) is 43.7 Å². The maximum absolute atomic E-state index is 11.8. The van der Waals surface area contributed by atoms with Crippen molar-refractivity contribution >= 4 is 23.4 Å². The van der Waals surface area contributed by atoms with E-state index in [4.69, 9.17) is 16.3 Å². The van der Waals surface area contributed by atoms with Gasteiger partial charge in [0.15, 0.2) is 0 Å². The van der Waals surface area contributed by atoms with E-state index in [1.807, 2.05) is 31.2 Å². The number of halogens is 1. The van der Waals surface area contributed by atoms with Gasteiger partial charge in [0.1, 0.15) is 5.75 Å². The first kappa shape index (κ1) is 17.8. The first-order valence-corrected chi connectivity index (χ1v) is 7.96. The van der Waals surface area contributed by atoms with Gasteiger partial charge in [-0.2, -0.15) is 0 Å². The summed E-state index contributed by atoms with van der Waals surface area (Å²) in [6.45, 7) is 2.44. The Morgan fingerprint density at radius 2 is 1.83 bits per heavy atom. The van der Waals surface area contributed by atoms with Crippen molar-refractivity contribution in [3.63, 3.8) is 0 Å². The molecule has 0 aromatic heterocycles. The summed E-state index contributed by atoms with van der Waals surface area (Å²) in [4.78, 5) is 23.5. The molecule has 0 saturated heterocycles. The first-order valence-electron chi connectivity index (χ1n) is 7.59. The van der Waals surface area contributed by atoms with E-state index in [1.54, 1.807) is 18.2 Å². The fourth-order valence-corrected chi connectivity index (χ4v) is 2.14. The number of carbonyl (C=O) groups is 2. The third kappa shape index (κ3) is 5.93. The summed E-state index contributed by atoms with van der Waals surface area (Å²) in [5, 5.41) is 0.460. The molecule has 0 atom stereocenters. The van der Waals surface area contributed by atoms with Crippen molar-refractivity contribution in [1.29, 1.82) is 0 Å². The molecule has 126 valence electrons. The zero-order valence-electron chi connectivity index (χ0n) is 13.3. The smallest absolute Gasteiger partial charge is 0.269 e. The second-order valence-electron chi connectivity index (χ2n) is 5.28. The minimum absolute atomic E-state index is 0.252. The summed E-state index contributed by atoms with van der Waals surface area (Å²) in [7, 11) is 0. The predicted molar refractivity (Wildman–Crippen MR) is 93.0 cm³/mol. The minimum atomic E-state index is -0.415. The van der Waals surface area contributed by atoms with Crippen LogP contribution in [0.3, 0.4) is 0 Å². The van der Waals surface area contributed by atoms with Crippen molar-refractivity contribution in [2.75, 3.05) is 6.61 Å². The molecule has 24 heavy (non-hydrogen) atoms. The second-order valence-corrected chi connectivity index (χ2v) is 5.71. The maximum Gasteiger partial charge on any atom is 0.269 e. The summed E-state index contributed by atoms with van der Waals surface area (Å²) < 4.78 is 5.54. The third-order valence-corrected chi connectivity index (χ3v) is 3.48. The second kappa shape index (κ2) is 8.93. The van der Waals surface area contributed by atoms with Gasteiger partial charge in [-0.25, -0.2) is 0 Å². The molecule has 0 heterocycles. The Labute approximate surface area is 145 Å². The van der Waals surface area contributed by atoms with E-state index in [2.05, 4.69) is 10.9 Å². The number of amides is 2. The summed E-state index contributed by atoms with van der Waals surface area (Å²) in [6.07, 6.45) is 0.800. The van der Waals surface area contributed by atoms with Gasteiger partial charge >= 0.3 is 0 Å². The number of nitrogens with one attached hydrogen (secondary N) is 2. The van der Waals surface area contributed by atoms with E-state index in [9.17, 15) is 9.59 Å². The number of rotatable bonds is 6. The highest BCUT2D eigenvalue weighted by atomic mass is 35.5. The Kier molecular flexibility index (Phi) is 6.63. The van der Waals surface area contributed by atoms with Gasteiger partial charge in [-0.3, -0.25) is 20.4 Å². The van der Waals surface area contributed by atoms with Crippen LogP contribution in [0.15, 0.2) is 48.5 Å². The highest BCUT2D eigenvalue weighted by molar-refractivity contribution is 6.30. The van der Waals surface area contributed by atoms with Gasteiger partial charge < -0.3 is 4.74 Å². The average molecular weight is 347 g/mol. The van der Waals surface area contributed by atoms with Gasteiger partial charge in [0.25, 0.3) is 5.91 Å². The lowest BCUT2D eigenvalue weighted by molar-refractivity contribution is -0.122. The lowest BCUT2D eigenvalue weighted by Crippen LogP contribution is -2.41. The van der Waals surface area contributed by atoms with Gasteiger partial charge in [0.2, 0.25) is 5.91 Å². The van der Waals surface area contributed by atoms with E-state index in [0.717, 1.165) is 11.3 Å². The van der Waals surface area contributed by atoms with Crippen LogP contribution in [0.2, 0.25) is 5.02 Å². The van der Waals surface area contributed by atoms with Crippen LogP contribution < -0.4 is 15.6 Å².